The van der Waals surface area contributed by atoms with Crippen LogP contribution in [0.4, 0.5) is 0 Å². The Labute approximate surface area is 77.8 Å². The Balaban J connectivity index is 2.40. The van der Waals surface area contributed by atoms with Gasteiger partial charge in [-0.3, -0.25) is 0 Å². The van der Waals surface area contributed by atoms with Gasteiger partial charge in [-0.2, -0.15) is 0 Å². The SMILES string of the molecule is CCCOC(C(=O)O)C1CCOC1. The molecule has 0 aliphatic carbocycles. The molecule has 1 N–H and O–H groups in total. The first-order chi connectivity index (χ1) is 6.25. The van der Waals surface area contributed by atoms with E-state index in [0.717, 1.165) is 12.8 Å². The van der Waals surface area contributed by atoms with Crippen LogP contribution in [0.25, 0.3) is 0 Å². The number of carbonyl (C=O) groups is 1. The van der Waals surface area contributed by atoms with Gasteiger partial charge in [-0.15, -0.1) is 0 Å². The lowest BCUT2D eigenvalue weighted by atomic mass is 10.0. The van der Waals surface area contributed by atoms with Crippen molar-refractivity contribution >= 4 is 5.97 Å². The fraction of sp³-hybridized carbons (Fsp3) is 0.889. The molecule has 0 amide bonds. The molecule has 2 unspecified atom stereocenters. The monoisotopic (exact) mass is 188 g/mol. The Morgan fingerprint density at radius 2 is 2.54 bits per heavy atom. The van der Waals surface area contributed by atoms with Gasteiger partial charge < -0.3 is 14.6 Å². The van der Waals surface area contributed by atoms with Gasteiger partial charge in [0, 0.05) is 19.1 Å². The topological polar surface area (TPSA) is 55.8 Å². The molecule has 1 saturated heterocycles. The van der Waals surface area contributed by atoms with Gasteiger partial charge in [0.25, 0.3) is 0 Å². The lowest BCUT2D eigenvalue weighted by Crippen LogP contribution is -2.33. The Morgan fingerprint density at radius 3 is 3.00 bits per heavy atom. The van der Waals surface area contributed by atoms with Crippen LogP contribution in [0.3, 0.4) is 0 Å². The molecule has 1 aliphatic heterocycles. The standard InChI is InChI=1S/C9H16O4/c1-2-4-13-8(9(10)11)7-3-5-12-6-7/h7-8H,2-6H2,1H3,(H,10,11). The molecule has 4 heteroatoms. The predicted octanol–water partition coefficient (Wildman–Crippen LogP) is 0.903. The largest absolute Gasteiger partial charge is 0.479 e. The molecule has 0 radical (unpaired) electrons. The van der Waals surface area contributed by atoms with Crippen molar-refractivity contribution in [2.24, 2.45) is 5.92 Å². The fourth-order valence-electron chi connectivity index (χ4n) is 1.45. The van der Waals surface area contributed by atoms with Gasteiger partial charge >= 0.3 is 5.97 Å². The highest BCUT2D eigenvalue weighted by Gasteiger charge is 2.31. The average molecular weight is 188 g/mol. The van der Waals surface area contributed by atoms with Crippen molar-refractivity contribution in [2.45, 2.75) is 25.9 Å². The summed E-state index contributed by atoms with van der Waals surface area (Å²) >= 11 is 0. The molecule has 0 aromatic rings. The van der Waals surface area contributed by atoms with Crippen molar-refractivity contribution in [2.75, 3.05) is 19.8 Å². The molecule has 0 saturated carbocycles. The van der Waals surface area contributed by atoms with Crippen LogP contribution < -0.4 is 0 Å². The average Bonchev–Trinajstić information content (AvgIpc) is 2.57. The molecule has 1 fully saturated rings. The van der Waals surface area contributed by atoms with Crippen LogP contribution in [-0.4, -0.2) is 37.0 Å². The maximum absolute atomic E-state index is 10.8. The van der Waals surface area contributed by atoms with E-state index < -0.39 is 12.1 Å². The summed E-state index contributed by atoms with van der Waals surface area (Å²) in [5, 5.41) is 8.88. The van der Waals surface area contributed by atoms with Crippen molar-refractivity contribution in [3.63, 3.8) is 0 Å². The number of rotatable bonds is 5. The molecule has 2 atom stereocenters. The highest BCUT2D eigenvalue weighted by Crippen LogP contribution is 2.19. The molecule has 13 heavy (non-hydrogen) atoms. The molecular weight excluding hydrogens is 172 g/mol. The third-order valence-electron chi connectivity index (χ3n) is 2.14. The molecule has 76 valence electrons. The number of carboxylic acids is 1. The Kier molecular flexibility index (Phi) is 4.18. The summed E-state index contributed by atoms with van der Waals surface area (Å²) in [7, 11) is 0. The summed E-state index contributed by atoms with van der Waals surface area (Å²) < 4.78 is 10.4. The molecular formula is C9H16O4. The maximum Gasteiger partial charge on any atom is 0.333 e. The first kappa shape index (κ1) is 10.5. The van der Waals surface area contributed by atoms with E-state index in [-0.39, 0.29) is 5.92 Å². The van der Waals surface area contributed by atoms with Crippen LogP contribution in [-0.2, 0) is 14.3 Å². The molecule has 1 rings (SSSR count). The number of carboxylic acid groups (broad SMARTS) is 1. The van der Waals surface area contributed by atoms with Crippen LogP contribution in [0.15, 0.2) is 0 Å². The molecule has 4 nitrogen and oxygen atoms in total. The zero-order chi connectivity index (χ0) is 9.68. The number of hydrogen-bond donors (Lipinski definition) is 1. The summed E-state index contributed by atoms with van der Waals surface area (Å²) in [6, 6.07) is 0. The van der Waals surface area contributed by atoms with E-state index in [1.54, 1.807) is 0 Å². The molecule has 0 aromatic heterocycles. The lowest BCUT2D eigenvalue weighted by Gasteiger charge is -2.17. The van der Waals surface area contributed by atoms with E-state index in [1.165, 1.54) is 0 Å². The Hall–Kier alpha value is -0.610. The fourth-order valence-corrected chi connectivity index (χ4v) is 1.45. The van der Waals surface area contributed by atoms with Crippen LogP contribution >= 0.6 is 0 Å². The van der Waals surface area contributed by atoms with Crippen LogP contribution in [0.5, 0.6) is 0 Å². The summed E-state index contributed by atoms with van der Waals surface area (Å²) in [5.41, 5.74) is 0. The minimum Gasteiger partial charge on any atom is -0.479 e. The number of aliphatic carboxylic acids is 1. The van der Waals surface area contributed by atoms with Gasteiger partial charge in [0.1, 0.15) is 0 Å². The third-order valence-corrected chi connectivity index (χ3v) is 2.14. The summed E-state index contributed by atoms with van der Waals surface area (Å²) in [4.78, 5) is 10.8. The molecule has 1 heterocycles. The predicted molar refractivity (Wildman–Crippen MR) is 46.6 cm³/mol. The molecule has 1 aliphatic rings. The number of hydrogen-bond acceptors (Lipinski definition) is 3. The van der Waals surface area contributed by atoms with Crippen LogP contribution in [0.2, 0.25) is 0 Å². The minimum absolute atomic E-state index is 0.0315. The van der Waals surface area contributed by atoms with Gasteiger partial charge in [0.2, 0.25) is 0 Å². The van der Waals surface area contributed by atoms with Gasteiger partial charge in [0.05, 0.1) is 6.61 Å². The zero-order valence-electron chi connectivity index (χ0n) is 7.86. The minimum atomic E-state index is -0.871. The van der Waals surface area contributed by atoms with Gasteiger partial charge in [0.15, 0.2) is 6.10 Å². The van der Waals surface area contributed by atoms with E-state index in [0.29, 0.717) is 19.8 Å². The van der Waals surface area contributed by atoms with Crippen molar-refractivity contribution in [3.05, 3.63) is 0 Å². The summed E-state index contributed by atoms with van der Waals surface area (Å²) in [6.07, 6.45) is 0.959. The van der Waals surface area contributed by atoms with E-state index >= 15 is 0 Å². The van der Waals surface area contributed by atoms with E-state index in [9.17, 15) is 4.79 Å². The quantitative estimate of drug-likeness (QED) is 0.696. The second-order valence-electron chi connectivity index (χ2n) is 3.25. The van der Waals surface area contributed by atoms with E-state index in [4.69, 9.17) is 14.6 Å². The van der Waals surface area contributed by atoms with Gasteiger partial charge in [-0.1, -0.05) is 6.92 Å². The molecule has 0 aromatic carbocycles. The number of ether oxygens (including phenoxy) is 2. The van der Waals surface area contributed by atoms with Crippen molar-refractivity contribution in [3.8, 4) is 0 Å². The normalized spacial score (nSPS) is 24.5. The second-order valence-corrected chi connectivity index (χ2v) is 3.25. The third kappa shape index (κ3) is 2.97. The lowest BCUT2D eigenvalue weighted by molar-refractivity contribution is -0.154. The highest BCUT2D eigenvalue weighted by molar-refractivity contribution is 5.72. The second kappa shape index (κ2) is 5.19. The van der Waals surface area contributed by atoms with E-state index in [1.807, 2.05) is 6.92 Å². The Bertz CT molecular complexity index is 163. The zero-order valence-corrected chi connectivity index (χ0v) is 7.86. The summed E-state index contributed by atoms with van der Waals surface area (Å²) in [5.74, 6) is -0.840. The first-order valence-corrected chi connectivity index (χ1v) is 4.68. The van der Waals surface area contributed by atoms with Crippen molar-refractivity contribution in [1.29, 1.82) is 0 Å². The summed E-state index contributed by atoms with van der Waals surface area (Å²) in [6.45, 7) is 3.64. The molecule has 0 bridgehead atoms. The van der Waals surface area contributed by atoms with Crippen molar-refractivity contribution < 1.29 is 19.4 Å². The van der Waals surface area contributed by atoms with Gasteiger partial charge in [-0.05, 0) is 12.8 Å². The first-order valence-electron chi connectivity index (χ1n) is 4.68. The molecule has 0 spiro atoms. The van der Waals surface area contributed by atoms with E-state index in [2.05, 4.69) is 0 Å². The van der Waals surface area contributed by atoms with Crippen LogP contribution in [0.1, 0.15) is 19.8 Å². The van der Waals surface area contributed by atoms with Crippen molar-refractivity contribution in [1.82, 2.24) is 0 Å². The Morgan fingerprint density at radius 1 is 1.77 bits per heavy atom. The highest BCUT2D eigenvalue weighted by atomic mass is 16.5. The van der Waals surface area contributed by atoms with Gasteiger partial charge in [-0.25, -0.2) is 4.79 Å². The van der Waals surface area contributed by atoms with Crippen LogP contribution in [0, 0.1) is 5.92 Å². The smallest absolute Gasteiger partial charge is 0.333 e. The maximum atomic E-state index is 10.8.